The van der Waals surface area contributed by atoms with Gasteiger partial charge in [0.25, 0.3) is 5.89 Å². The molecule has 6 nitrogen and oxygen atoms in total. The summed E-state index contributed by atoms with van der Waals surface area (Å²) in [4.78, 5) is 4.39. The molecule has 0 saturated carbocycles. The highest BCUT2D eigenvalue weighted by Crippen LogP contribution is 2.28. The molecule has 0 saturated heterocycles. The molecule has 0 atom stereocenters. The van der Waals surface area contributed by atoms with Crippen LogP contribution in [0.4, 0.5) is 5.13 Å². The smallest absolute Gasteiger partial charge is 0.257 e. The van der Waals surface area contributed by atoms with Gasteiger partial charge in [-0.05, 0) is 30.2 Å². The molecule has 0 bridgehead atoms. The summed E-state index contributed by atoms with van der Waals surface area (Å²) in [5.74, 6) is 2.25. The first-order valence-corrected chi connectivity index (χ1v) is 9.57. The quantitative estimate of drug-likeness (QED) is 0.599. The zero-order chi connectivity index (χ0) is 16.9. The Hall–Kier alpha value is -1.64. The van der Waals surface area contributed by atoms with Crippen molar-refractivity contribution in [1.82, 2.24) is 20.3 Å². The van der Waals surface area contributed by atoms with E-state index in [1.807, 2.05) is 12.1 Å². The SMILES string of the molecule is CC(C)CNc1nnc(SCc2noc(-c3ccc(Cl)cc3)n2)s1. The predicted molar refractivity (Wildman–Crippen MR) is 97.5 cm³/mol. The zero-order valence-corrected chi connectivity index (χ0v) is 15.6. The van der Waals surface area contributed by atoms with Gasteiger partial charge in [-0.2, -0.15) is 4.98 Å². The summed E-state index contributed by atoms with van der Waals surface area (Å²) in [6, 6.07) is 7.29. The fourth-order valence-electron chi connectivity index (χ4n) is 1.78. The fourth-order valence-corrected chi connectivity index (χ4v) is 3.51. The van der Waals surface area contributed by atoms with E-state index >= 15 is 0 Å². The number of hydrogen-bond acceptors (Lipinski definition) is 8. The monoisotopic (exact) mass is 381 g/mol. The summed E-state index contributed by atoms with van der Waals surface area (Å²) in [5, 5.41) is 17.0. The van der Waals surface area contributed by atoms with E-state index in [9.17, 15) is 0 Å². The highest BCUT2D eigenvalue weighted by Gasteiger charge is 2.11. The summed E-state index contributed by atoms with van der Waals surface area (Å²) in [7, 11) is 0. The molecule has 0 aliphatic heterocycles. The van der Waals surface area contributed by atoms with Gasteiger partial charge in [-0.1, -0.05) is 53.7 Å². The maximum absolute atomic E-state index is 5.88. The Morgan fingerprint density at radius 2 is 2.04 bits per heavy atom. The van der Waals surface area contributed by atoms with Crippen molar-refractivity contribution in [3.63, 3.8) is 0 Å². The standard InChI is InChI=1S/C15H16ClN5OS2/c1-9(2)7-17-14-19-20-15(24-14)23-8-12-18-13(22-21-12)10-3-5-11(16)6-4-10/h3-6,9H,7-8H2,1-2H3,(H,17,19). The minimum absolute atomic E-state index is 0.485. The van der Waals surface area contributed by atoms with Gasteiger partial charge in [-0.15, -0.1) is 10.2 Å². The normalized spacial score (nSPS) is 11.2. The molecule has 3 rings (SSSR count). The summed E-state index contributed by atoms with van der Waals surface area (Å²) in [5.41, 5.74) is 0.847. The number of rotatable bonds is 7. The van der Waals surface area contributed by atoms with Gasteiger partial charge in [0.1, 0.15) is 0 Å². The van der Waals surface area contributed by atoms with E-state index in [1.54, 1.807) is 12.1 Å². The molecule has 1 N–H and O–H groups in total. The van der Waals surface area contributed by atoms with Crippen LogP contribution >= 0.6 is 34.7 Å². The molecule has 0 unspecified atom stereocenters. The van der Waals surface area contributed by atoms with Crippen molar-refractivity contribution in [2.75, 3.05) is 11.9 Å². The van der Waals surface area contributed by atoms with Gasteiger partial charge in [-0.3, -0.25) is 0 Å². The zero-order valence-electron chi connectivity index (χ0n) is 13.2. The van der Waals surface area contributed by atoms with Gasteiger partial charge in [-0.25, -0.2) is 0 Å². The van der Waals surface area contributed by atoms with Gasteiger partial charge >= 0.3 is 0 Å². The van der Waals surface area contributed by atoms with Gasteiger partial charge in [0.05, 0.1) is 5.75 Å². The first-order chi connectivity index (χ1) is 11.6. The largest absolute Gasteiger partial charge is 0.360 e. The lowest BCUT2D eigenvalue weighted by Gasteiger charge is -2.03. The van der Waals surface area contributed by atoms with E-state index in [1.165, 1.54) is 23.1 Å². The molecular weight excluding hydrogens is 366 g/mol. The molecule has 126 valence electrons. The highest BCUT2D eigenvalue weighted by atomic mass is 35.5. The van der Waals surface area contributed by atoms with Crippen molar-refractivity contribution in [2.24, 2.45) is 5.92 Å². The van der Waals surface area contributed by atoms with E-state index in [0.29, 0.717) is 28.4 Å². The number of nitrogens with one attached hydrogen (secondary N) is 1. The summed E-state index contributed by atoms with van der Waals surface area (Å²) in [6.07, 6.45) is 0. The number of thioether (sulfide) groups is 1. The number of nitrogens with zero attached hydrogens (tertiary/aromatic N) is 4. The predicted octanol–water partition coefficient (Wildman–Crippen LogP) is 4.60. The summed E-state index contributed by atoms with van der Waals surface area (Å²) >= 11 is 8.94. The Balaban J connectivity index is 1.56. The number of halogens is 1. The van der Waals surface area contributed by atoms with E-state index < -0.39 is 0 Å². The number of benzene rings is 1. The summed E-state index contributed by atoms with van der Waals surface area (Å²) in [6.45, 7) is 5.19. The third kappa shape index (κ3) is 4.68. The number of anilines is 1. The van der Waals surface area contributed by atoms with E-state index in [-0.39, 0.29) is 0 Å². The maximum atomic E-state index is 5.88. The van der Waals surface area contributed by atoms with Gasteiger partial charge < -0.3 is 9.84 Å². The van der Waals surface area contributed by atoms with Crippen LogP contribution in [0.2, 0.25) is 5.02 Å². The molecule has 2 heterocycles. The molecule has 24 heavy (non-hydrogen) atoms. The maximum Gasteiger partial charge on any atom is 0.257 e. The molecule has 0 amide bonds. The highest BCUT2D eigenvalue weighted by molar-refractivity contribution is 8.00. The Kier molecular flexibility index (Phi) is 5.70. The van der Waals surface area contributed by atoms with Crippen molar-refractivity contribution in [1.29, 1.82) is 0 Å². The Bertz CT molecular complexity index is 787. The molecule has 2 aromatic heterocycles. The summed E-state index contributed by atoms with van der Waals surface area (Å²) < 4.78 is 6.16. The molecule has 0 spiro atoms. The minimum Gasteiger partial charge on any atom is -0.360 e. The lowest BCUT2D eigenvalue weighted by molar-refractivity contribution is 0.425. The second-order valence-electron chi connectivity index (χ2n) is 5.46. The Morgan fingerprint density at radius 1 is 1.25 bits per heavy atom. The molecule has 0 radical (unpaired) electrons. The average molecular weight is 382 g/mol. The Labute approximate surface area is 153 Å². The van der Waals surface area contributed by atoms with E-state index in [2.05, 4.69) is 39.5 Å². The lowest BCUT2D eigenvalue weighted by Crippen LogP contribution is -2.07. The van der Waals surface area contributed by atoms with Crippen LogP contribution in [0.15, 0.2) is 33.1 Å². The van der Waals surface area contributed by atoms with Crippen LogP contribution in [0, 0.1) is 5.92 Å². The second-order valence-corrected chi connectivity index (χ2v) is 8.10. The molecule has 9 heteroatoms. The van der Waals surface area contributed by atoms with Gasteiger partial charge in [0, 0.05) is 17.1 Å². The van der Waals surface area contributed by atoms with Crippen molar-refractivity contribution >= 4 is 39.8 Å². The van der Waals surface area contributed by atoms with Crippen LogP contribution in [0.1, 0.15) is 19.7 Å². The van der Waals surface area contributed by atoms with Crippen LogP contribution in [-0.2, 0) is 5.75 Å². The molecular formula is C15H16ClN5OS2. The number of hydrogen-bond donors (Lipinski definition) is 1. The third-order valence-corrected chi connectivity index (χ3v) is 5.21. The van der Waals surface area contributed by atoms with Crippen molar-refractivity contribution < 1.29 is 4.52 Å². The molecule has 0 aliphatic carbocycles. The average Bonchev–Trinajstić information content (AvgIpc) is 3.21. The van der Waals surface area contributed by atoms with E-state index in [4.69, 9.17) is 16.1 Å². The van der Waals surface area contributed by atoms with Crippen LogP contribution < -0.4 is 5.32 Å². The fraction of sp³-hybridized carbons (Fsp3) is 0.333. The third-order valence-electron chi connectivity index (χ3n) is 2.95. The second kappa shape index (κ2) is 7.96. The van der Waals surface area contributed by atoms with E-state index in [0.717, 1.165) is 21.6 Å². The molecule has 1 aromatic carbocycles. The topological polar surface area (TPSA) is 76.7 Å². The Morgan fingerprint density at radius 3 is 2.79 bits per heavy atom. The van der Waals surface area contributed by atoms with Gasteiger partial charge in [0.2, 0.25) is 5.13 Å². The molecule has 3 aromatic rings. The van der Waals surface area contributed by atoms with Crippen molar-refractivity contribution in [2.45, 2.75) is 23.9 Å². The molecule has 0 fully saturated rings. The van der Waals surface area contributed by atoms with Crippen molar-refractivity contribution in [3.8, 4) is 11.5 Å². The van der Waals surface area contributed by atoms with Crippen LogP contribution in [0.3, 0.4) is 0 Å². The van der Waals surface area contributed by atoms with Gasteiger partial charge in [0.15, 0.2) is 10.2 Å². The first-order valence-electron chi connectivity index (χ1n) is 7.39. The van der Waals surface area contributed by atoms with Crippen LogP contribution in [0.25, 0.3) is 11.5 Å². The van der Waals surface area contributed by atoms with Crippen LogP contribution in [-0.4, -0.2) is 26.9 Å². The molecule has 0 aliphatic rings. The first kappa shape index (κ1) is 17.2. The van der Waals surface area contributed by atoms with Crippen molar-refractivity contribution in [3.05, 3.63) is 35.1 Å². The lowest BCUT2D eigenvalue weighted by atomic mass is 10.2. The number of aromatic nitrogens is 4. The van der Waals surface area contributed by atoms with Crippen LogP contribution in [0.5, 0.6) is 0 Å². The minimum atomic E-state index is 0.485.